The molecule has 51 heavy (non-hydrogen) atoms. The van der Waals surface area contributed by atoms with E-state index in [2.05, 4.69) is 153 Å². The smallest absolute Gasteiger partial charge is 0.154 e. The van der Waals surface area contributed by atoms with E-state index in [1.807, 2.05) is 31.3 Å². The van der Waals surface area contributed by atoms with Crippen molar-refractivity contribution < 1.29 is 0 Å². The summed E-state index contributed by atoms with van der Waals surface area (Å²) in [6.07, 6.45) is 14.2. The number of nitrogens with zero attached hydrogens (tertiary/aromatic N) is 3. The number of amidine groups is 1. The third kappa shape index (κ3) is 7.79. The fourth-order valence-corrected chi connectivity index (χ4v) is 6.48. The fourth-order valence-electron chi connectivity index (χ4n) is 6.48. The molecule has 0 unspecified atom stereocenters. The van der Waals surface area contributed by atoms with Crippen molar-refractivity contribution in [1.82, 2.24) is 0 Å². The van der Waals surface area contributed by atoms with Gasteiger partial charge in [-0.1, -0.05) is 140 Å². The van der Waals surface area contributed by atoms with E-state index in [0.717, 1.165) is 64.0 Å². The van der Waals surface area contributed by atoms with Crippen LogP contribution >= 0.6 is 0 Å². The van der Waals surface area contributed by atoms with Gasteiger partial charge in [0.25, 0.3) is 0 Å². The highest BCUT2D eigenvalue weighted by Gasteiger charge is 2.20. The Balaban J connectivity index is 1.50. The lowest BCUT2D eigenvalue weighted by atomic mass is 9.89. The largest absolute Gasteiger partial charge is 0.270 e. The fraction of sp³-hybridized carbons (Fsp3) is 0.146. The molecule has 0 bridgehead atoms. The second kappa shape index (κ2) is 15.3. The van der Waals surface area contributed by atoms with Crippen molar-refractivity contribution in [3.8, 4) is 11.1 Å². The minimum absolute atomic E-state index is 0.688. The maximum absolute atomic E-state index is 5.33. The molecule has 0 atom stereocenters. The minimum Gasteiger partial charge on any atom is -0.270 e. The summed E-state index contributed by atoms with van der Waals surface area (Å²) in [6.45, 7) is 6.52. The van der Waals surface area contributed by atoms with Gasteiger partial charge in [0.1, 0.15) is 0 Å². The second-order valence-electron chi connectivity index (χ2n) is 13.2. The molecule has 0 aromatic heterocycles. The third-order valence-corrected chi connectivity index (χ3v) is 9.56. The first kappa shape index (κ1) is 33.6. The van der Waals surface area contributed by atoms with Gasteiger partial charge in [0.2, 0.25) is 0 Å². The van der Waals surface area contributed by atoms with Gasteiger partial charge in [0.05, 0.1) is 11.4 Å². The molecule has 2 aliphatic rings. The standard InChI is InChI=1S/C48H43N3/c1-5-33(2)23-25-35-15-12-13-20-40(35)32-45(36-27-28-36)42-29-41(44-22-14-21-38-26-24-34(3)50-47(38)44)30-43(31-42)46(37-16-8-6-9-17-37)51-48(49-4)39-18-10-7-11-19-39/h6-23,25,27-32H,5,24,26H2,1-4H3/b33-23-,35-25+,40-32-,49-48?,51-46?. The lowest BCUT2D eigenvalue weighted by molar-refractivity contribution is 1.00. The average molecular weight is 662 g/mol. The third-order valence-electron chi connectivity index (χ3n) is 9.56. The lowest BCUT2D eigenvalue weighted by Crippen LogP contribution is -2.23. The van der Waals surface area contributed by atoms with Crippen LogP contribution in [0.15, 0.2) is 166 Å². The molecular weight excluding hydrogens is 619 g/mol. The molecule has 0 fully saturated rings. The van der Waals surface area contributed by atoms with Crippen LogP contribution in [0.5, 0.6) is 0 Å². The van der Waals surface area contributed by atoms with Crippen molar-refractivity contribution in [3.05, 3.63) is 189 Å². The Bertz CT molecular complexity index is 2390. The summed E-state index contributed by atoms with van der Waals surface area (Å²) in [5.74, 6) is 0.688. The Hall–Kier alpha value is -5.93. The number of hydrogen-bond acceptors (Lipinski definition) is 2. The molecule has 0 saturated carbocycles. The summed E-state index contributed by atoms with van der Waals surface area (Å²) in [5, 5.41) is 2.38. The van der Waals surface area contributed by atoms with Crippen molar-refractivity contribution in [1.29, 1.82) is 0 Å². The zero-order valence-electron chi connectivity index (χ0n) is 29.9. The van der Waals surface area contributed by atoms with E-state index in [4.69, 9.17) is 9.98 Å². The highest BCUT2D eigenvalue weighted by molar-refractivity contribution is 6.20. The van der Waals surface area contributed by atoms with Gasteiger partial charge in [-0.2, -0.15) is 0 Å². The van der Waals surface area contributed by atoms with E-state index >= 15 is 0 Å². The van der Waals surface area contributed by atoms with Gasteiger partial charge in [-0.3, -0.25) is 9.98 Å². The monoisotopic (exact) mass is 661 g/mol. The van der Waals surface area contributed by atoms with E-state index in [-0.39, 0.29) is 0 Å². The van der Waals surface area contributed by atoms with Crippen LogP contribution in [0, 0.1) is 0 Å². The molecule has 250 valence electrons. The summed E-state index contributed by atoms with van der Waals surface area (Å²) < 4.78 is 0. The molecular formula is C48H43N3. The maximum atomic E-state index is 5.33. The first-order valence-corrected chi connectivity index (χ1v) is 17.9. The molecule has 5 aromatic carbocycles. The number of para-hydroxylation sites is 1. The molecule has 0 radical (unpaired) electrons. The van der Waals surface area contributed by atoms with Gasteiger partial charge in [0, 0.05) is 35.0 Å². The maximum Gasteiger partial charge on any atom is 0.154 e. The van der Waals surface area contributed by atoms with Gasteiger partial charge < -0.3 is 0 Å². The number of aryl methyl sites for hydroxylation is 1. The van der Waals surface area contributed by atoms with Crippen molar-refractivity contribution in [2.24, 2.45) is 15.0 Å². The highest BCUT2D eigenvalue weighted by atomic mass is 14.9. The summed E-state index contributed by atoms with van der Waals surface area (Å²) in [7, 11) is 1.81. The average Bonchev–Trinajstić information content (AvgIpc) is 4.03. The summed E-state index contributed by atoms with van der Waals surface area (Å²) in [5.41, 5.74) is 14.6. The van der Waals surface area contributed by atoms with Crippen LogP contribution in [0.3, 0.4) is 0 Å². The zero-order valence-corrected chi connectivity index (χ0v) is 29.9. The Kier molecular flexibility index (Phi) is 10.1. The number of fused-ring (bicyclic) bond motifs is 1. The summed E-state index contributed by atoms with van der Waals surface area (Å²) in [6, 6.07) is 42.8. The van der Waals surface area contributed by atoms with Crippen molar-refractivity contribution in [2.45, 2.75) is 40.0 Å². The van der Waals surface area contributed by atoms with Crippen molar-refractivity contribution in [2.75, 3.05) is 7.05 Å². The van der Waals surface area contributed by atoms with E-state index in [1.54, 1.807) is 0 Å². The topological polar surface area (TPSA) is 37.1 Å². The van der Waals surface area contributed by atoms with E-state index < -0.39 is 0 Å². The Morgan fingerprint density at radius 3 is 2.12 bits per heavy atom. The number of hydrogen-bond donors (Lipinski definition) is 0. The molecule has 0 saturated heterocycles. The van der Waals surface area contributed by atoms with Gasteiger partial charge in [-0.15, -0.1) is 0 Å². The van der Waals surface area contributed by atoms with Crippen molar-refractivity contribution >= 4 is 40.7 Å². The van der Waals surface area contributed by atoms with Crippen molar-refractivity contribution in [3.63, 3.8) is 0 Å². The van der Waals surface area contributed by atoms with Crippen LogP contribution in [0.1, 0.15) is 61.4 Å². The van der Waals surface area contributed by atoms with Crippen LogP contribution in [0.4, 0.5) is 5.69 Å². The number of aliphatic imine (C=N–C) groups is 3. The molecule has 0 amide bonds. The number of rotatable bonds is 8. The van der Waals surface area contributed by atoms with E-state index in [0.29, 0.717) is 5.84 Å². The van der Waals surface area contributed by atoms with E-state index in [9.17, 15) is 0 Å². The Labute approximate surface area is 301 Å². The van der Waals surface area contributed by atoms with Crippen LogP contribution < -0.4 is 10.4 Å². The van der Waals surface area contributed by atoms with Gasteiger partial charge in [-0.25, -0.2) is 4.99 Å². The van der Waals surface area contributed by atoms with Crippen LogP contribution in [0.25, 0.3) is 28.9 Å². The second-order valence-corrected chi connectivity index (χ2v) is 13.2. The Morgan fingerprint density at radius 1 is 0.725 bits per heavy atom. The van der Waals surface area contributed by atoms with Gasteiger partial charge in [-0.05, 0) is 95.7 Å². The zero-order chi connectivity index (χ0) is 35.2. The van der Waals surface area contributed by atoms with Crippen LogP contribution in [0.2, 0.25) is 0 Å². The molecule has 0 N–H and O–H groups in total. The first-order valence-electron chi connectivity index (χ1n) is 17.9. The molecule has 7 rings (SSSR count). The van der Waals surface area contributed by atoms with E-state index in [1.165, 1.54) is 38.4 Å². The van der Waals surface area contributed by atoms with Gasteiger partial charge >= 0.3 is 0 Å². The minimum atomic E-state index is 0.688. The predicted molar refractivity (Wildman–Crippen MR) is 219 cm³/mol. The normalized spacial score (nSPS) is 15.2. The number of benzene rings is 5. The van der Waals surface area contributed by atoms with Gasteiger partial charge in [0.15, 0.2) is 5.84 Å². The predicted octanol–water partition coefficient (Wildman–Crippen LogP) is 10.2. The molecule has 1 heterocycles. The molecule has 1 aliphatic heterocycles. The molecule has 1 aliphatic carbocycles. The molecule has 5 aromatic rings. The van der Waals surface area contributed by atoms with Crippen LogP contribution in [-0.2, 0) is 6.42 Å². The van der Waals surface area contributed by atoms with Crippen LogP contribution in [-0.4, -0.2) is 24.3 Å². The lowest BCUT2D eigenvalue weighted by Gasteiger charge is -2.19. The first-order chi connectivity index (χ1) is 25.0. The SMILES string of the molecule is CC\C(C)=C/C=c1\cccc\c1=C\C(=C1C=C1)c1cc(C(=NC(=NC)c2ccccc2)c2ccccc2)cc(-c2cccc3c2N=C(C)CC3)c1. The molecule has 3 nitrogen and oxygen atoms in total. The number of allylic oxidation sites excluding steroid dienone is 6. The Morgan fingerprint density at radius 2 is 1.41 bits per heavy atom. The highest BCUT2D eigenvalue weighted by Crippen LogP contribution is 2.40. The summed E-state index contributed by atoms with van der Waals surface area (Å²) in [4.78, 5) is 15.1. The summed E-state index contributed by atoms with van der Waals surface area (Å²) >= 11 is 0. The molecule has 3 heteroatoms. The molecule has 0 spiro atoms. The quantitative estimate of drug-likeness (QED) is 0.117.